The highest BCUT2D eigenvalue weighted by molar-refractivity contribution is 5.94. The summed E-state index contributed by atoms with van der Waals surface area (Å²) in [6, 6.07) is 12.0. The van der Waals surface area contributed by atoms with E-state index in [-0.39, 0.29) is 18.7 Å². The second-order valence-electron chi connectivity index (χ2n) is 7.67. The van der Waals surface area contributed by atoms with E-state index in [1.807, 2.05) is 24.4 Å². The van der Waals surface area contributed by atoms with Crippen molar-refractivity contribution in [3.8, 4) is 11.3 Å². The molecule has 8 nitrogen and oxygen atoms in total. The number of pyridine rings is 2. The van der Waals surface area contributed by atoms with E-state index in [1.165, 1.54) is 22.9 Å². The number of rotatable bonds is 6. The molecule has 5 aromatic rings. The predicted octanol–water partition coefficient (Wildman–Crippen LogP) is 3.37. The fraction of sp³-hybridized carbons (Fsp3) is 0.0833. The number of H-pyrrole nitrogens is 2. The van der Waals surface area contributed by atoms with Gasteiger partial charge in [0.15, 0.2) is 11.6 Å². The summed E-state index contributed by atoms with van der Waals surface area (Å²) >= 11 is 0. The Balaban J connectivity index is 1.29. The molecule has 1 aromatic carbocycles. The maximum Gasteiger partial charge on any atom is 0.263 e. The lowest BCUT2D eigenvalue weighted by atomic mass is 10.1. The van der Waals surface area contributed by atoms with Crippen LogP contribution >= 0.6 is 0 Å². The van der Waals surface area contributed by atoms with Crippen LogP contribution in [0.5, 0.6) is 0 Å². The smallest absolute Gasteiger partial charge is 0.263 e. The number of fused-ring (bicyclic) bond motifs is 1. The van der Waals surface area contributed by atoms with Crippen molar-refractivity contribution in [2.75, 3.05) is 0 Å². The van der Waals surface area contributed by atoms with E-state index in [2.05, 4.69) is 25.5 Å². The van der Waals surface area contributed by atoms with Crippen molar-refractivity contribution in [3.63, 3.8) is 0 Å². The summed E-state index contributed by atoms with van der Waals surface area (Å²) in [5.74, 6) is -2.52. The molecule has 0 radical (unpaired) electrons. The van der Waals surface area contributed by atoms with Crippen molar-refractivity contribution in [1.29, 1.82) is 0 Å². The summed E-state index contributed by atoms with van der Waals surface area (Å²) in [4.78, 5) is 32.8. The van der Waals surface area contributed by atoms with Crippen molar-refractivity contribution in [3.05, 3.63) is 106 Å². The number of hydrogen-bond acceptors (Lipinski definition) is 4. The minimum Gasteiger partial charge on any atom is -0.346 e. The van der Waals surface area contributed by atoms with Gasteiger partial charge in [0, 0.05) is 29.5 Å². The zero-order chi connectivity index (χ0) is 23.7. The van der Waals surface area contributed by atoms with Gasteiger partial charge in [-0.15, -0.1) is 0 Å². The molecular formula is C24H18F2N6O2. The first-order valence-electron chi connectivity index (χ1n) is 10.4. The van der Waals surface area contributed by atoms with Crippen LogP contribution in [0.1, 0.15) is 21.6 Å². The lowest BCUT2D eigenvalue weighted by Gasteiger charge is -2.09. The summed E-state index contributed by atoms with van der Waals surface area (Å²) in [6.07, 6.45) is 5.00. The number of halogens is 2. The Bertz CT molecular complexity index is 1570. The van der Waals surface area contributed by atoms with E-state index in [4.69, 9.17) is 0 Å². The molecule has 1 amide bonds. The Morgan fingerprint density at radius 2 is 1.97 bits per heavy atom. The number of nitrogens with one attached hydrogen (secondary N) is 3. The molecule has 4 aromatic heterocycles. The summed E-state index contributed by atoms with van der Waals surface area (Å²) in [5.41, 5.74) is 2.76. The Morgan fingerprint density at radius 1 is 1.09 bits per heavy atom. The fourth-order valence-electron chi connectivity index (χ4n) is 3.70. The molecule has 0 bridgehead atoms. The quantitative estimate of drug-likeness (QED) is 0.361. The molecule has 170 valence electrons. The van der Waals surface area contributed by atoms with Crippen LogP contribution in [0.15, 0.2) is 71.9 Å². The normalized spacial score (nSPS) is 11.1. The summed E-state index contributed by atoms with van der Waals surface area (Å²) < 4.78 is 27.9. The van der Waals surface area contributed by atoms with Crippen molar-refractivity contribution in [2.24, 2.45) is 0 Å². The van der Waals surface area contributed by atoms with E-state index in [1.54, 1.807) is 12.3 Å². The average Bonchev–Trinajstić information content (AvgIpc) is 3.48. The van der Waals surface area contributed by atoms with E-state index in [0.29, 0.717) is 17.0 Å². The molecule has 3 N–H and O–H groups in total. The van der Waals surface area contributed by atoms with Crippen LogP contribution in [0.25, 0.3) is 22.3 Å². The third-order valence-corrected chi connectivity index (χ3v) is 5.40. The van der Waals surface area contributed by atoms with Crippen LogP contribution in [0.3, 0.4) is 0 Å². The van der Waals surface area contributed by atoms with Crippen LogP contribution in [-0.4, -0.2) is 30.6 Å². The van der Waals surface area contributed by atoms with Crippen LogP contribution in [-0.2, 0) is 13.1 Å². The van der Waals surface area contributed by atoms with E-state index < -0.39 is 23.1 Å². The molecule has 4 heterocycles. The zero-order valence-electron chi connectivity index (χ0n) is 17.7. The number of amides is 1. The predicted molar refractivity (Wildman–Crippen MR) is 121 cm³/mol. The van der Waals surface area contributed by atoms with E-state index in [0.717, 1.165) is 28.7 Å². The zero-order valence-corrected chi connectivity index (χ0v) is 17.7. The largest absolute Gasteiger partial charge is 0.346 e. The molecule has 0 unspecified atom stereocenters. The highest BCUT2D eigenvalue weighted by Crippen LogP contribution is 2.26. The number of nitrogens with zero attached hydrogens (tertiary/aromatic N) is 3. The molecule has 34 heavy (non-hydrogen) atoms. The standard InChI is InChI=1S/C24H18F2N6O2/c25-19-6-5-14(9-20(19)26)13-32-8-2-4-17(24(32)34)23(33)29-11-15-10-21(31-30-15)18-12-28-22-16(18)3-1-7-27-22/h1-10,12H,11,13H2,(H,27,28)(H,29,33)(H,30,31). The lowest BCUT2D eigenvalue weighted by Crippen LogP contribution is -2.32. The van der Waals surface area contributed by atoms with Crippen LogP contribution in [0.4, 0.5) is 8.78 Å². The minimum atomic E-state index is -0.998. The van der Waals surface area contributed by atoms with Gasteiger partial charge >= 0.3 is 0 Å². The van der Waals surface area contributed by atoms with Gasteiger partial charge in [0.1, 0.15) is 11.2 Å². The number of aromatic nitrogens is 5. The number of hydrogen-bond donors (Lipinski definition) is 3. The van der Waals surface area contributed by atoms with Crippen molar-refractivity contribution in [2.45, 2.75) is 13.1 Å². The topological polar surface area (TPSA) is 108 Å². The Hall–Kier alpha value is -4.60. The molecule has 0 fully saturated rings. The van der Waals surface area contributed by atoms with E-state index >= 15 is 0 Å². The number of carbonyl (C=O) groups excluding carboxylic acids is 1. The molecular weight excluding hydrogens is 442 g/mol. The molecule has 0 spiro atoms. The van der Waals surface area contributed by atoms with Crippen LogP contribution in [0.2, 0.25) is 0 Å². The monoisotopic (exact) mass is 460 g/mol. The van der Waals surface area contributed by atoms with Gasteiger partial charge in [-0.2, -0.15) is 5.10 Å². The summed E-state index contributed by atoms with van der Waals surface area (Å²) in [5, 5.41) is 10.8. The molecule has 0 saturated carbocycles. The van der Waals surface area contributed by atoms with Gasteiger partial charge in [-0.3, -0.25) is 14.7 Å². The van der Waals surface area contributed by atoms with Crippen molar-refractivity contribution < 1.29 is 13.6 Å². The highest BCUT2D eigenvalue weighted by atomic mass is 19.2. The first-order chi connectivity index (χ1) is 16.5. The maximum absolute atomic E-state index is 13.5. The average molecular weight is 460 g/mol. The number of carbonyl (C=O) groups is 1. The Labute approximate surface area is 191 Å². The number of benzene rings is 1. The molecule has 10 heteroatoms. The van der Waals surface area contributed by atoms with Gasteiger partial charge in [0.25, 0.3) is 11.5 Å². The van der Waals surface area contributed by atoms with E-state index in [9.17, 15) is 18.4 Å². The van der Waals surface area contributed by atoms with Gasteiger partial charge in [-0.25, -0.2) is 13.8 Å². The third kappa shape index (κ3) is 4.08. The lowest BCUT2D eigenvalue weighted by molar-refractivity contribution is 0.0948. The molecule has 0 aliphatic rings. The van der Waals surface area contributed by atoms with Gasteiger partial charge in [0.05, 0.1) is 24.5 Å². The highest BCUT2D eigenvalue weighted by Gasteiger charge is 2.14. The second kappa shape index (κ2) is 8.74. The van der Waals surface area contributed by atoms with Gasteiger partial charge in [-0.1, -0.05) is 6.07 Å². The first-order valence-corrected chi connectivity index (χ1v) is 10.4. The molecule has 0 aliphatic carbocycles. The van der Waals surface area contributed by atoms with Gasteiger partial charge in [0.2, 0.25) is 0 Å². The minimum absolute atomic E-state index is 0.000536. The summed E-state index contributed by atoms with van der Waals surface area (Å²) in [7, 11) is 0. The van der Waals surface area contributed by atoms with Gasteiger partial charge < -0.3 is 14.9 Å². The molecule has 0 atom stereocenters. The Morgan fingerprint density at radius 3 is 2.82 bits per heavy atom. The summed E-state index contributed by atoms with van der Waals surface area (Å²) in [6.45, 7) is 0.129. The SMILES string of the molecule is O=C(NCc1cc(-c2c[nH]c3ncccc23)n[nH]1)c1cccn(Cc2ccc(F)c(F)c2)c1=O. The van der Waals surface area contributed by atoms with Crippen LogP contribution in [0, 0.1) is 11.6 Å². The second-order valence-corrected chi connectivity index (χ2v) is 7.67. The van der Waals surface area contributed by atoms with Crippen LogP contribution < -0.4 is 10.9 Å². The van der Waals surface area contributed by atoms with Crippen molar-refractivity contribution in [1.82, 2.24) is 30.0 Å². The Kier molecular flexibility index (Phi) is 5.46. The first kappa shape index (κ1) is 21.3. The molecule has 0 saturated heterocycles. The molecule has 5 rings (SSSR count). The van der Waals surface area contributed by atoms with Crippen molar-refractivity contribution >= 4 is 16.9 Å². The molecule has 0 aliphatic heterocycles. The fourth-order valence-corrected chi connectivity index (χ4v) is 3.70. The number of aromatic amines is 2. The van der Waals surface area contributed by atoms with Gasteiger partial charge in [-0.05, 0) is 48.0 Å². The third-order valence-electron chi connectivity index (χ3n) is 5.40. The maximum atomic E-state index is 13.5.